The standard InChI is InChI=1S/C14H12ClN5O3/c1-3-23-14(22)10-12(11-7(2)16-4-5-17-11)19-20-9(21)6-8(15)18-13(10)20/h4-6,19H,3H2,1-2H3. The molecule has 0 aliphatic rings. The van der Waals surface area contributed by atoms with Gasteiger partial charge in [-0.1, -0.05) is 11.6 Å². The largest absolute Gasteiger partial charge is 0.462 e. The molecule has 3 heterocycles. The van der Waals surface area contributed by atoms with Crippen molar-refractivity contribution in [2.24, 2.45) is 0 Å². The first-order valence-electron chi connectivity index (χ1n) is 6.79. The number of nitrogens with zero attached hydrogens (tertiary/aromatic N) is 4. The van der Waals surface area contributed by atoms with Gasteiger partial charge in [0, 0.05) is 18.5 Å². The summed E-state index contributed by atoms with van der Waals surface area (Å²) in [6.07, 6.45) is 3.03. The van der Waals surface area contributed by atoms with E-state index in [4.69, 9.17) is 16.3 Å². The summed E-state index contributed by atoms with van der Waals surface area (Å²) in [6, 6.07) is 1.15. The molecule has 0 aromatic carbocycles. The molecule has 0 saturated heterocycles. The van der Waals surface area contributed by atoms with E-state index in [0.717, 1.165) is 10.6 Å². The monoisotopic (exact) mass is 333 g/mol. The van der Waals surface area contributed by atoms with Gasteiger partial charge in [0.15, 0.2) is 5.65 Å². The number of nitrogens with one attached hydrogen (secondary N) is 1. The molecule has 23 heavy (non-hydrogen) atoms. The van der Waals surface area contributed by atoms with Gasteiger partial charge in [-0.05, 0) is 13.8 Å². The van der Waals surface area contributed by atoms with Gasteiger partial charge in [-0.15, -0.1) is 0 Å². The minimum atomic E-state index is -0.625. The number of aromatic amines is 1. The summed E-state index contributed by atoms with van der Waals surface area (Å²) in [5.74, 6) is -0.625. The number of aryl methyl sites for hydroxylation is 1. The van der Waals surface area contributed by atoms with E-state index in [2.05, 4.69) is 20.1 Å². The van der Waals surface area contributed by atoms with Crippen molar-refractivity contribution in [3.63, 3.8) is 0 Å². The lowest BCUT2D eigenvalue weighted by Gasteiger charge is -2.04. The number of carbonyl (C=O) groups is 1. The molecule has 0 spiro atoms. The second-order valence-corrected chi connectivity index (χ2v) is 5.04. The number of halogens is 1. The molecule has 0 atom stereocenters. The van der Waals surface area contributed by atoms with E-state index in [1.54, 1.807) is 13.8 Å². The van der Waals surface area contributed by atoms with Crippen LogP contribution in [0, 0.1) is 6.92 Å². The summed E-state index contributed by atoms with van der Waals surface area (Å²) in [5.41, 5.74) is 1.05. The van der Waals surface area contributed by atoms with Gasteiger partial charge in [-0.3, -0.25) is 19.9 Å². The van der Waals surface area contributed by atoms with Gasteiger partial charge in [0.1, 0.15) is 22.1 Å². The maximum absolute atomic E-state index is 12.4. The maximum Gasteiger partial charge on any atom is 0.344 e. The van der Waals surface area contributed by atoms with Crippen molar-refractivity contribution < 1.29 is 9.53 Å². The molecule has 3 aromatic rings. The normalized spacial score (nSPS) is 10.9. The number of carbonyl (C=O) groups excluding carboxylic acids is 1. The number of rotatable bonds is 3. The third-order valence-corrected chi connectivity index (χ3v) is 3.38. The van der Waals surface area contributed by atoms with Crippen LogP contribution >= 0.6 is 11.6 Å². The quantitative estimate of drug-likeness (QED) is 0.577. The van der Waals surface area contributed by atoms with Crippen molar-refractivity contribution >= 4 is 23.2 Å². The Kier molecular flexibility index (Phi) is 3.83. The van der Waals surface area contributed by atoms with Crippen LogP contribution in [-0.4, -0.2) is 37.1 Å². The van der Waals surface area contributed by atoms with E-state index in [1.807, 2.05) is 0 Å². The molecule has 0 saturated carbocycles. The molecular formula is C14H12ClN5O3. The summed E-state index contributed by atoms with van der Waals surface area (Å²) in [6.45, 7) is 3.61. The third kappa shape index (κ3) is 2.57. The average molecular weight is 334 g/mol. The fourth-order valence-corrected chi connectivity index (χ4v) is 2.40. The van der Waals surface area contributed by atoms with Gasteiger partial charge in [-0.25, -0.2) is 14.3 Å². The van der Waals surface area contributed by atoms with Crippen LogP contribution in [0.1, 0.15) is 23.0 Å². The first-order chi connectivity index (χ1) is 11.0. The number of hydrogen-bond acceptors (Lipinski definition) is 6. The molecule has 0 bridgehead atoms. The highest BCUT2D eigenvalue weighted by molar-refractivity contribution is 6.29. The summed E-state index contributed by atoms with van der Waals surface area (Å²) in [7, 11) is 0. The summed E-state index contributed by atoms with van der Waals surface area (Å²) in [5, 5.41) is 2.82. The van der Waals surface area contributed by atoms with Crippen LogP contribution < -0.4 is 5.56 Å². The predicted octanol–water partition coefficient (Wildman–Crippen LogP) is 1.62. The maximum atomic E-state index is 12.4. The molecule has 118 valence electrons. The highest BCUT2D eigenvalue weighted by Crippen LogP contribution is 2.26. The zero-order valence-corrected chi connectivity index (χ0v) is 13.1. The molecular weight excluding hydrogens is 322 g/mol. The Balaban J connectivity index is 2.39. The van der Waals surface area contributed by atoms with E-state index in [1.165, 1.54) is 12.4 Å². The van der Waals surface area contributed by atoms with Gasteiger partial charge in [0.25, 0.3) is 5.56 Å². The Morgan fingerprint density at radius 3 is 2.83 bits per heavy atom. The highest BCUT2D eigenvalue weighted by atomic mass is 35.5. The van der Waals surface area contributed by atoms with Gasteiger partial charge in [0.05, 0.1) is 12.3 Å². The van der Waals surface area contributed by atoms with Crippen molar-refractivity contribution in [3.05, 3.63) is 45.2 Å². The number of H-pyrrole nitrogens is 1. The third-order valence-electron chi connectivity index (χ3n) is 3.18. The lowest BCUT2D eigenvalue weighted by atomic mass is 10.1. The van der Waals surface area contributed by atoms with Crippen LogP contribution in [0.5, 0.6) is 0 Å². The van der Waals surface area contributed by atoms with Crippen molar-refractivity contribution in [1.82, 2.24) is 24.6 Å². The Morgan fingerprint density at radius 1 is 1.39 bits per heavy atom. The molecule has 0 aliphatic heterocycles. The van der Waals surface area contributed by atoms with E-state index < -0.39 is 11.5 Å². The number of fused-ring (bicyclic) bond motifs is 1. The minimum absolute atomic E-state index is 0.0121. The summed E-state index contributed by atoms with van der Waals surface area (Å²) >= 11 is 5.85. The molecule has 3 aromatic heterocycles. The van der Waals surface area contributed by atoms with Crippen molar-refractivity contribution in [2.45, 2.75) is 13.8 Å². The Labute approximate surface area is 135 Å². The van der Waals surface area contributed by atoms with Crippen molar-refractivity contribution in [3.8, 4) is 11.4 Å². The molecule has 9 heteroatoms. The van der Waals surface area contributed by atoms with Crippen molar-refractivity contribution in [2.75, 3.05) is 6.61 Å². The molecule has 1 N–H and O–H groups in total. The smallest absolute Gasteiger partial charge is 0.344 e. The van der Waals surface area contributed by atoms with Gasteiger partial charge in [-0.2, -0.15) is 0 Å². The second-order valence-electron chi connectivity index (χ2n) is 4.65. The number of ether oxygens (including phenoxy) is 1. The van der Waals surface area contributed by atoms with Crippen LogP contribution in [0.15, 0.2) is 23.3 Å². The van der Waals surface area contributed by atoms with Crippen LogP contribution in [0.25, 0.3) is 17.0 Å². The lowest BCUT2D eigenvalue weighted by Crippen LogP contribution is -2.14. The first kappa shape index (κ1) is 15.2. The summed E-state index contributed by atoms with van der Waals surface area (Å²) in [4.78, 5) is 36.9. The zero-order chi connectivity index (χ0) is 16.6. The van der Waals surface area contributed by atoms with Crippen LogP contribution in [0.4, 0.5) is 0 Å². The van der Waals surface area contributed by atoms with E-state index >= 15 is 0 Å². The molecule has 0 amide bonds. The van der Waals surface area contributed by atoms with E-state index in [9.17, 15) is 9.59 Å². The molecule has 3 rings (SSSR count). The predicted molar refractivity (Wildman–Crippen MR) is 82.5 cm³/mol. The Hall–Kier alpha value is -2.74. The fraction of sp³-hybridized carbons (Fsp3) is 0.214. The minimum Gasteiger partial charge on any atom is -0.462 e. The van der Waals surface area contributed by atoms with E-state index in [-0.39, 0.29) is 23.0 Å². The van der Waals surface area contributed by atoms with Crippen LogP contribution in [-0.2, 0) is 4.74 Å². The number of aromatic nitrogens is 5. The van der Waals surface area contributed by atoms with Gasteiger partial charge < -0.3 is 4.74 Å². The molecule has 0 aliphatic carbocycles. The van der Waals surface area contributed by atoms with Crippen LogP contribution in [0.2, 0.25) is 5.15 Å². The van der Waals surface area contributed by atoms with Crippen LogP contribution in [0.3, 0.4) is 0 Å². The molecule has 0 radical (unpaired) electrons. The van der Waals surface area contributed by atoms with Crippen molar-refractivity contribution in [1.29, 1.82) is 0 Å². The lowest BCUT2D eigenvalue weighted by molar-refractivity contribution is 0.0529. The Morgan fingerprint density at radius 2 is 2.13 bits per heavy atom. The van der Waals surface area contributed by atoms with Gasteiger partial charge in [0.2, 0.25) is 0 Å². The average Bonchev–Trinajstić information content (AvgIpc) is 2.87. The SMILES string of the molecule is CCOC(=O)c1c(-c2nccnc2C)[nH]n2c(=O)cc(Cl)nc12. The zero-order valence-electron chi connectivity index (χ0n) is 12.3. The number of esters is 1. The molecule has 0 fully saturated rings. The summed E-state index contributed by atoms with van der Waals surface area (Å²) < 4.78 is 6.20. The highest BCUT2D eigenvalue weighted by Gasteiger charge is 2.25. The Bertz CT molecular complexity index is 963. The second kappa shape index (κ2) is 5.81. The number of hydrogen-bond donors (Lipinski definition) is 1. The van der Waals surface area contributed by atoms with E-state index in [0.29, 0.717) is 17.1 Å². The first-order valence-corrected chi connectivity index (χ1v) is 7.17. The molecule has 8 nitrogen and oxygen atoms in total. The van der Waals surface area contributed by atoms with Gasteiger partial charge >= 0.3 is 5.97 Å². The topological polar surface area (TPSA) is 102 Å². The molecule has 0 unspecified atom stereocenters. The fourth-order valence-electron chi connectivity index (χ4n) is 2.23.